The van der Waals surface area contributed by atoms with Gasteiger partial charge in [-0.05, 0) is 30.5 Å². The Kier molecular flexibility index (Phi) is 8.49. The second-order valence-corrected chi connectivity index (χ2v) is 5.86. The largest absolute Gasteiger partial charge is 0.379 e. The first-order valence-electron chi connectivity index (χ1n) is 6.38. The molecule has 0 bridgehead atoms. The summed E-state index contributed by atoms with van der Waals surface area (Å²) in [5.41, 5.74) is 8.14. The van der Waals surface area contributed by atoms with Crippen molar-refractivity contribution >= 4 is 45.5 Å². The molecule has 0 saturated heterocycles. The highest BCUT2D eigenvalue weighted by Crippen LogP contribution is 2.11. The number of amidine groups is 1. The normalized spacial score (nSPS) is 11.2. The maximum Gasteiger partial charge on any atom is 0.154 e. The average molecular weight is 390 g/mol. The summed E-state index contributed by atoms with van der Waals surface area (Å²) < 4.78 is 0. The Bertz CT molecular complexity index is 543. The zero-order valence-corrected chi connectivity index (χ0v) is 14.7. The van der Waals surface area contributed by atoms with Crippen LogP contribution < -0.4 is 5.73 Å². The van der Waals surface area contributed by atoms with Crippen LogP contribution in [0.1, 0.15) is 17.7 Å². The third kappa shape index (κ3) is 7.02. The molecular formula is C14H18BrClN4S. The van der Waals surface area contributed by atoms with E-state index in [0.717, 1.165) is 34.9 Å². The fourth-order valence-corrected chi connectivity index (χ4v) is 2.45. The van der Waals surface area contributed by atoms with E-state index in [9.17, 15) is 0 Å². The lowest BCUT2D eigenvalue weighted by molar-refractivity contribution is 0.903. The molecule has 3 N–H and O–H groups in total. The van der Waals surface area contributed by atoms with Gasteiger partial charge in [0.1, 0.15) is 0 Å². The molecule has 4 nitrogen and oxygen atoms in total. The fraction of sp³-hybridized carbons (Fsp3) is 0.286. The standard InChI is InChI=1S/C14H17ClN4S.BrH/c15-12-5-3-11(4-6-12)8-18-14(16)20-7-1-2-13-9-17-10-19-13;/h3-6,9-10H,1-2,7-8H2,(H2,16,18)(H,17,19);1H. The molecule has 2 rings (SSSR count). The number of hydrogen-bond donors (Lipinski definition) is 2. The van der Waals surface area contributed by atoms with Gasteiger partial charge in [-0.25, -0.2) is 4.98 Å². The zero-order chi connectivity index (χ0) is 14.2. The Morgan fingerprint density at radius 1 is 1.33 bits per heavy atom. The summed E-state index contributed by atoms with van der Waals surface area (Å²) in [7, 11) is 0. The van der Waals surface area contributed by atoms with E-state index in [0.29, 0.717) is 11.7 Å². The quantitative estimate of drug-likeness (QED) is 0.448. The molecule has 0 unspecified atom stereocenters. The van der Waals surface area contributed by atoms with Crippen LogP contribution in [-0.4, -0.2) is 20.9 Å². The van der Waals surface area contributed by atoms with Gasteiger partial charge >= 0.3 is 0 Å². The first-order chi connectivity index (χ1) is 9.74. The van der Waals surface area contributed by atoms with E-state index in [1.165, 1.54) is 0 Å². The minimum Gasteiger partial charge on any atom is -0.379 e. The average Bonchev–Trinajstić information content (AvgIpc) is 2.96. The van der Waals surface area contributed by atoms with Crippen LogP contribution in [0.25, 0.3) is 0 Å². The van der Waals surface area contributed by atoms with Crippen LogP contribution in [0.15, 0.2) is 41.8 Å². The van der Waals surface area contributed by atoms with E-state index >= 15 is 0 Å². The molecule has 21 heavy (non-hydrogen) atoms. The van der Waals surface area contributed by atoms with Crippen LogP contribution in [0.5, 0.6) is 0 Å². The summed E-state index contributed by atoms with van der Waals surface area (Å²) in [4.78, 5) is 11.4. The zero-order valence-electron chi connectivity index (χ0n) is 11.5. The first kappa shape index (κ1) is 18.1. The van der Waals surface area contributed by atoms with E-state index in [1.54, 1.807) is 18.1 Å². The van der Waals surface area contributed by atoms with Gasteiger partial charge in [-0.1, -0.05) is 35.5 Å². The summed E-state index contributed by atoms with van der Waals surface area (Å²) in [6, 6.07) is 7.64. The van der Waals surface area contributed by atoms with Gasteiger partial charge in [0.05, 0.1) is 12.9 Å². The highest BCUT2D eigenvalue weighted by atomic mass is 79.9. The van der Waals surface area contributed by atoms with Crippen molar-refractivity contribution < 1.29 is 0 Å². The molecule has 1 aromatic heterocycles. The maximum absolute atomic E-state index is 5.88. The molecule has 0 aliphatic carbocycles. The van der Waals surface area contributed by atoms with E-state index < -0.39 is 0 Å². The monoisotopic (exact) mass is 388 g/mol. The molecule has 7 heteroatoms. The molecule has 0 radical (unpaired) electrons. The second-order valence-electron chi connectivity index (χ2n) is 4.31. The van der Waals surface area contributed by atoms with Crippen molar-refractivity contribution in [2.75, 3.05) is 5.75 Å². The lowest BCUT2D eigenvalue weighted by Crippen LogP contribution is -2.08. The SMILES string of the molecule is Br.NC(=NCc1ccc(Cl)cc1)SCCCc1cnc[nH]1. The molecule has 0 aliphatic rings. The van der Waals surface area contributed by atoms with Gasteiger partial charge in [0.25, 0.3) is 0 Å². The summed E-state index contributed by atoms with van der Waals surface area (Å²) in [5, 5.41) is 1.36. The summed E-state index contributed by atoms with van der Waals surface area (Å²) in [6.07, 6.45) is 5.58. The van der Waals surface area contributed by atoms with Gasteiger partial charge in [-0.3, -0.25) is 4.99 Å². The third-order valence-electron chi connectivity index (χ3n) is 2.73. The van der Waals surface area contributed by atoms with Crippen LogP contribution >= 0.6 is 40.3 Å². The molecule has 114 valence electrons. The van der Waals surface area contributed by atoms with Gasteiger partial charge < -0.3 is 10.7 Å². The van der Waals surface area contributed by atoms with E-state index in [4.69, 9.17) is 17.3 Å². The van der Waals surface area contributed by atoms with Crippen molar-refractivity contribution in [2.24, 2.45) is 10.7 Å². The van der Waals surface area contributed by atoms with Crippen molar-refractivity contribution in [3.05, 3.63) is 53.1 Å². The number of thioether (sulfide) groups is 1. The number of benzene rings is 1. The Hall–Kier alpha value is -0.980. The number of aromatic amines is 1. The van der Waals surface area contributed by atoms with Crippen molar-refractivity contribution in [3.8, 4) is 0 Å². The topological polar surface area (TPSA) is 67.1 Å². The van der Waals surface area contributed by atoms with Crippen LogP contribution in [0.3, 0.4) is 0 Å². The summed E-state index contributed by atoms with van der Waals surface area (Å²) >= 11 is 7.42. The third-order valence-corrected chi connectivity index (χ3v) is 3.90. The fourth-order valence-electron chi connectivity index (χ4n) is 1.67. The Labute approximate surface area is 144 Å². The van der Waals surface area contributed by atoms with Crippen molar-refractivity contribution in [1.29, 1.82) is 0 Å². The highest BCUT2D eigenvalue weighted by Gasteiger charge is 1.98. The first-order valence-corrected chi connectivity index (χ1v) is 7.75. The van der Waals surface area contributed by atoms with Gasteiger partial charge in [-0.15, -0.1) is 17.0 Å². The van der Waals surface area contributed by atoms with Crippen molar-refractivity contribution in [2.45, 2.75) is 19.4 Å². The number of aromatic nitrogens is 2. The van der Waals surface area contributed by atoms with Gasteiger partial charge in [0.2, 0.25) is 0 Å². The minimum atomic E-state index is 0. The van der Waals surface area contributed by atoms with Crippen molar-refractivity contribution in [1.82, 2.24) is 9.97 Å². The number of aryl methyl sites for hydroxylation is 1. The molecule has 0 spiro atoms. The van der Waals surface area contributed by atoms with E-state index in [1.807, 2.05) is 30.5 Å². The predicted molar refractivity (Wildman–Crippen MR) is 96.5 cm³/mol. The molecule has 0 atom stereocenters. The van der Waals surface area contributed by atoms with Crippen LogP contribution in [0, 0.1) is 0 Å². The molecule has 0 amide bonds. The smallest absolute Gasteiger partial charge is 0.154 e. The van der Waals surface area contributed by atoms with Crippen LogP contribution in [0.4, 0.5) is 0 Å². The highest BCUT2D eigenvalue weighted by molar-refractivity contribution is 8.93. The van der Waals surface area contributed by atoms with Gasteiger partial charge in [-0.2, -0.15) is 0 Å². The maximum atomic E-state index is 5.88. The number of aliphatic imine (C=N–C) groups is 1. The van der Waals surface area contributed by atoms with Crippen LogP contribution in [0.2, 0.25) is 5.02 Å². The molecule has 1 heterocycles. The Balaban J connectivity index is 0.00000220. The van der Waals surface area contributed by atoms with E-state index in [-0.39, 0.29) is 17.0 Å². The predicted octanol–water partition coefficient (Wildman–Crippen LogP) is 3.82. The minimum absolute atomic E-state index is 0. The van der Waals surface area contributed by atoms with Gasteiger partial charge in [0.15, 0.2) is 5.17 Å². The number of imidazole rings is 1. The number of nitrogens with zero attached hydrogens (tertiary/aromatic N) is 2. The molecule has 0 saturated carbocycles. The Morgan fingerprint density at radius 3 is 2.76 bits per heavy atom. The van der Waals surface area contributed by atoms with Crippen LogP contribution in [-0.2, 0) is 13.0 Å². The number of halogens is 2. The molecule has 1 aromatic carbocycles. The number of nitrogens with two attached hydrogens (primary N) is 1. The molecular weight excluding hydrogens is 372 g/mol. The lowest BCUT2D eigenvalue weighted by Gasteiger charge is -2.01. The molecule has 0 fully saturated rings. The number of H-pyrrole nitrogens is 1. The molecule has 0 aliphatic heterocycles. The summed E-state index contributed by atoms with van der Waals surface area (Å²) in [5.74, 6) is 0.953. The number of hydrogen-bond acceptors (Lipinski definition) is 3. The molecule has 2 aromatic rings. The second kappa shape index (κ2) is 9.87. The lowest BCUT2D eigenvalue weighted by atomic mass is 10.2. The summed E-state index contributed by atoms with van der Waals surface area (Å²) in [6.45, 7) is 0.594. The van der Waals surface area contributed by atoms with E-state index in [2.05, 4.69) is 15.0 Å². The number of nitrogens with one attached hydrogen (secondary N) is 1. The van der Waals surface area contributed by atoms with Crippen molar-refractivity contribution in [3.63, 3.8) is 0 Å². The van der Waals surface area contributed by atoms with Gasteiger partial charge in [0, 0.05) is 22.7 Å². The number of rotatable bonds is 6. The Morgan fingerprint density at radius 2 is 2.10 bits per heavy atom.